The van der Waals surface area contributed by atoms with Crippen molar-refractivity contribution in [1.29, 1.82) is 5.41 Å². The van der Waals surface area contributed by atoms with Gasteiger partial charge in [0.2, 0.25) is 17.7 Å². The Kier molecular flexibility index (Phi) is 9.43. The van der Waals surface area contributed by atoms with Crippen LogP contribution in [-0.4, -0.2) is 80.2 Å². The first-order valence-corrected chi connectivity index (χ1v) is 13.6. The molecule has 1 amide bonds. The Morgan fingerprint density at radius 3 is 2.67 bits per heavy atom. The first-order chi connectivity index (χ1) is 19.3. The molecule has 0 bridgehead atoms. The van der Waals surface area contributed by atoms with Crippen LogP contribution in [0.3, 0.4) is 0 Å². The van der Waals surface area contributed by atoms with Gasteiger partial charge in [-0.1, -0.05) is 6.92 Å². The molecule has 3 heterocycles. The molecule has 1 saturated heterocycles. The van der Waals surface area contributed by atoms with Crippen LogP contribution >= 0.6 is 0 Å². The number of aromatic nitrogens is 2. The standard InChI is InChI=1S/C28H38FN9O2/c1-6-25(39)34-21-12-22(24(40-5)13-23(21)38-9-7-19(8-10-38)37(3)4)35-28-33-16-20(29)26(36-28)18-11-17(14-30)27(31-2)32-15-18/h12-17,19,30H,6-11H2,1-5H3,(H,31,32)(H,34,39)(H,33,35,36)/p+1. The number of methoxy groups -OCH3 is 1. The van der Waals surface area contributed by atoms with E-state index in [-0.39, 0.29) is 23.5 Å². The van der Waals surface area contributed by atoms with Crippen LogP contribution in [0, 0.1) is 17.1 Å². The molecule has 4 rings (SSSR count). The zero-order valence-electron chi connectivity index (χ0n) is 23.8. The van der Waals surface area contributed by atoms with E-state index < -0.39 is 5.82 Å². The fraction of sp³-hybridized carbons (Fsp3) is 0.464. The number of halogens is 1. The lowest BCUT2D eigenvalue weighted by molar-refractivity contribution is -0.510. The molecule has 1 atom stereocenters. The van der Waals surface area contributed by atoms with Crippen LogP contribution in [0.2, 0.25) is 0 Å². The van der Waals surface area contributed by atoms with Gasteiger partial charge in [-0.3, -0.25) is 4.79 Å². The van der Waals surface area contributed by atoms with Crippen LogP contribution in [0.25, 0.3) is 5.57 Å². The number of quaternary nitrogens is 1. The number of carbonyl (C=O) groups is 1. The van der Waals surface area contributed by atoms with Crippen LogP contribution in [0.5, 0.6) is 5.75 Å². The second kappa shape index (κ2) is 13.0. The maximum atomic E-state index is 14.8. The lowest BCUT2D eigenvalue weighted by atomic mass is 9.95. The minimum Gasteiger partial charge on any atom is -0.494 e. The van der Waals surface area contributed by atoms with Crippen molar-refractivity contribution in [3.8, 4) is 5.75 Å². The number of rotatable bonds is 9. The third-order valence-electron chi connectivity index (χ3n) is 7.43. The molecular weight excluding hydrogens is 513 g/mol. The van der Waals surface area contributed by atoms with Gasteiger partial charge >= 0.3 is 0 Å². The summed E-state index contributed by atoms with van der Waals surface area (Å²) < 4.78 is 20.6. The zero-order valence-corrected chi connectivity index (χ0v) is 23.8. The molecule has 2 aliphatic rings. The van der Waals surface area contributed by atoms with E-state index in [9.17, 15) is 9.18 Å². The fourth-order valence-electron chi connectivity index (χ4n) is 5.07. The van der Waals surface area contributed by atoms with Crippen molar-refractivity contribution in [2.24, 2.45) is 10.9 Å². The SMILES string of the molecule is CCC(=O)Nc1cc(Nc2ncc(F)c(C3=CN=C([NH2+]C)C(C=N)C3)n2)c(OC)cc1N1CCC(N(C)C)CC1. The molecule has 0 saturated carbocycles. The first kappa shape index (κ1) is 29.1. The van der Waals surface area contributed by atoms with E-state index in [4.69, 9.17) is 10.1 Å². The van der Waals surface area contributed by atoms with E-state index in [0.717, 1.165) is 43.7 Å². The normalized spacial score (nSPS) is 17.8. The Hall–Kier alpha value is -3.90. The summed E-state index contributed by atoms with van der Waals surface area (Å²) in [6.45, 7) is 3.51. The van der Waals surface area contributed by atoms with Gasteiger partial charge in [0, 0.05) is 49.6 Å². The molecule has 2 aromatic rings. The zero-order chi connectivity index (χ0) is 28.8. The summed E-state index contributed by atoms with van der Waals surface area (Å²) in [5, 5.41) is 15.8. The molecular formula is C28H39FN9O2+. The Balaban J connectivity index is 1.66. The van der Waals surface area contributed by atoms with Gasteiger partial charge in [0.05, 0.1) is 43.3 Å². The largest absolute Gasteiger partial charge is 0.494 e. The van der Waals surface area contributed by atoms with E-state index >= 15 is 0 Å². The number of aliphatic imine (C=N–C) groups is 1. The van der Waals surface area contributed by atoms with Crippen molar-refractivity contribution in [3.63, 3.8) is 0 Å². The molecule has 1 aromatic carbocycles. The van der Waals surface area contributed by atoms with Crippen LogP contribution < -0.4 is 25.6 Å². The number of benzene rings is 1. The summed E-state index contributed by atoms with van der Waals surface area (Å²) in [7, 11) is 7.65. The summed E-state index contributed by atoms with van der Waals surface area (Å²) in [4.78, 5) is 30.0. The Morgan fingerprint density at radius 2 is 2.05 bits per heavy atom. The number of anilines is 4. The molecule has 0 aliphatic carbocycles. The van der Waals surface area contributed by atoms with Gasteiger partial charge in [-0.15, -0.1) is 0 Å². The van der Waals surface area contributed by atoms with Gasteiger partial charge in [0.1, 0.15) is 11.4 Å². The van der Waals surface area contributed by atoms with Crippen LogP contribution in [0.15, 0.2) is 29.5 Å². The predicted octanol–water partition coefficient (Wildman–Crippen LogP) is 2.85. The molecule has 5 N–H and O–H groups in total. The number of ether oxygens (including phenoxy) is 1. The lowest BCUT2D eigenvalue weighted by Gasteiger charge is -2.37. The highest BCUT2D eigenvalue weighted by atomic mass is 19.1. The van der Waals surface area contributed by atoms with Crippen molar-refractivity contribution < 1.29 is 19.2 Å². The van der Waals surface area contributed by atoms with Crippen LogP contribution in [-0.2, 0) is 4.79 Å². The number of nitrogens with zero attached hydrogens (tertiary/aromatic N) is 5. The number of nitrogens with two attached hydrogens (primary N) is 1. The van der Waals surface area contributed by atoms with Crippen molar-refractivity contribution in [1.82, 2.24) is 14.9 Å². The molecule has 12 heteroatoms. The van der Waals surface area contributed by atoms with Crippen molar-refractivity contribution >= 4 is 46.5 Å². The highest BCUT2D eigenvalue weighted by Crippen LogP contribution is 2.39. The molecule has 1 aromatic heterocycles. The van der Waals surface area contributed by atoms with Crippen LogP contribution in [0.4, 0.5) is 27.4 Å². The Bertz CT molecular complexity index is 1300. The third-order valence-corrected chi connectivity index (χ3v) is 7.43. The summed E-state index contributed by atoms with van der Waals surface area (Å²) >= 11 is 0. The number of carbonyl (C=O) groups excluding carboxylic acids is 1. The summed E-state index contributed by atoms with van der Waals surface area (Å²) in [5.74, 6) is 0.572. The number of hydrogen-bond donors (Lipinski definition) is 4. The van der Waals surface area contributed by atoms with Gasteiger partial charge in [-0.05, 0) is 39.4 Å². The molecule has 214 valence electrons. The van der Waals surface area contributed by atoms with Crippen LogP contribution in [0.1, 0.15) is 38.3 Å². The quantitative estimate of drug-likeness (QED) is 0.351. The molecule has 40 heavy (non-hydrogen) atoms. The van der Waals surface area contributed by atoms with Crippen molar-refractivity contribution in [3.05, 3.63) is 36.0 Å². The summed E-state index contributed by atoms with van der Waals surface area (Å²) in [6.07, 6.45) is 6.80. The summed E-state index contributed by atoms with van der Waals surface area (Å²) in [6, 6.07) is 4.23. The molecule has 0 spiro atoms. The minimum atomic E-state index is -0.570. The van der Waals surface area contributed by atoms with E-state index in [0.29, 0.717) is 41.6 Å². The van der Waals surface area contributed by atoms with Gasteiger partial charge in [-0.25, -0.2) is 19.4 Å². The summed E-state index contributed by atoms with van der Waals surface area (Å²) in [5.41, 5.74) is 2.79. The van der Waals surface area contributed by atoms with E-state index in [1.165, 1.54) is 6.21 Å². The second-order valence-electron chi connectivity index (χ2n) is 10.1. The third kappa shape index (κ3) is 6.45. The first-order valence-electron chi connectivity index (χ1n) is 13.6. The molecule has 11 nitrogen and oxygen atoms in total. The highest BCUT2D eigenvalue weighted by Gasteiger charge is 2.26. The van der Waals surface area contributed by atoms with Gasteiger partial charge in [-0.2, -0.15) is 0 Å². The monoisotopic (exact) mass is 552 g/mol. The van der Waals surface area contributed by atoms with Crippen molar-refractivity contribution in [2.45, 2.75) is 38.6 Å². The molecule has 1 fully saturated rings. The number of nitrogens with one attached hydrogen (secondary N) is 3. The van der Waals surface area contributed by atoms with Crippen molar-refractivity contribution in [2.75, 3.05) is 56.9 Å². The van der Waals surface area contributed by atoms with Gasteiger partial charge in [0.25, 0.3) is 0 Å². The average Bonchev–Trinajstić information content (AvgIpc) is 2.97. The maximum Gasteiger partial charge on any atom is 0.228 e. The molecule has 2 aliphatic heterocycles. The highest BCUT2D eigenvalue weighted by molar-refractivity contribution is 5.96. The number of hydrogen-bond acceptors (Lipinski definition) is 9. The lowest BCUT2D eigenvalue weighted by Crippen LogP contribution is -2.85. The molecule has 1 unspecified atom stereocenters. The smallest absolute Gasteiger partial charge is 0.228 e. The maximum absolute atomic E-state index is 14.8. The minimum absolute atomic E-state index is 0.102. The Labute approximate surface area is 234 Å². The van der Waals surface area contributed by atoms with Gasteiger partial charge in [0.15, 0.2) is 5.82 Å². The van der Waals surface area contributed by atoms with Gasteiger partial charge < -0.3 is 35.9 Å². The average molecular weight is 553 g/mol. The molecule has 0 radical (unpaired) electrons. The fourth-order valence-corrected chi connectivity index (χ4v) is 5.07. The number of amides is 1. The predicted molar refractivity (Wildman–Crippen MR) is 156 cm³/mol. The van der Waals surface area contributed by atoms with E-state index in [1.54, 1.807) is 13.3 Å². The number of amidine groups is 1. The van der Waals surface area contributed by atoms with E-state index in [2.05, 4.69) is 49.5 Å². The second-order valence-corrected chi connectivity index (χ2v) is 10.1. The Morgan fingerprint density at radius 1 is 1.30 bits per heavy atom. The van der Waals surface area contributed by atoms with E-state index in [1.807, 2.05) is 31.4 Å². The number of allylic oxidation sites excluding steroid dienone is 1. The topological polar surface area (TPSA) is 135 Å². The number of piperidine rings is 1.